The number of carbonyl (C=O) groups is 3. The number of carbonyl (C=O) groups excluding carboxylic acids is 2. The van der Waals surface area contributed by atoms with Crippen molar-refractivity contribution in [3.63, 3.8) is 0 Å². The first-order valence-corrected chi connectivity index (χ1v) is 9.78. The van der Waals surface area contributed by atoms with E-state index >= 15 is 0 Å². The number of rotatable bonds is 6. The topological polar surface area (TPSA) is 87.2 Å². The van der Waals surface area contributed by atoms with Crippen LogP contribution in [0.15, 0.2) is 36.4 Å². The monoisotopic (exact) mass is 488 g/mol. The molecule has 0 unspecified atom stereocenters. The van der Waals surface area contributed by atoms with Crippen molar-refractivity contribution >= 4 is 35.2 Å². The predicted molar refractivity (Wildman–Crippen MR) is 108 cm³/mol. The number of ether oxygens (including phenoxy) is 1. The number of nitrogens with zero attached hydrogens (tertiary/aromatic N) is 2. The zero-order valence-electron chi connectivity index (χ0n) is 17.2. The van der Waals surface area contributed by atoms with Crippen molar-refractivity contribution in [1.29, 1.82) is 0 Å². The van der Waals surface area contributed by atoms with Gasteiger partial charge in [-0.25, -0.2) is 14.0 Å². The number of urea groups is 1. The molecule has 33 heavy (non-hydrogen) atoms. The van der Waals surface area contributed by atoms with Crippen molar-refractivity contribution in [3.05, 3.63) is 58.4 Å². The lowest BCUT2D eigenvalue weighted by atomic mass is 10.1. The lowest BCUT2D eigenvalue weighted by Crippen LogP contribution is -2.38. The second kappa shape index (κ2) is 8.54. The second-order valence-electron chi connectivity index (χ2n) is 7.70. The zero-order chi connectivity index (χ0) is 24.7. The number of hydrogen-bond acceptors (Lipinski definition) is 4. The molecule has 1 fully saturated rings. The van der Waals surface area contributed by atoms with Crippen LogP contribution in [-0.4, -0.2) is 40.1 Å². The quantitative estimate of drug-likeness (QED) is 0.470. The molecule has 12 heteroatoms. The molecule has 7 nitrogen and oxygen atoms in total. The van der Waals surface area contributed by atoms with E-state index in [0.717, 1.165) is 40.1 Å². The Morgan fingerprint density at radius 3 is 2.27 bits per heavy atom. The molecule has 0 aromatic heterocycles. The van der Waals surface area contributed by atoms with E-state index in [-0.39, 0.29) is 22.8 Å². The lowest BCUT2D eigenvalue weighted by Gasteiger charge is -2.23. The summed E-state index contributed by atoms with van der Waals surface area (Å²) in [4.78, 5) is 38.0. The third-order valence-electron chi connectivity index (χ3n) is 4.83. The molecule has 0 radical (unpaired) electrons. The first-order chi connectivity index (χ1) is 15.2. The van der Waals surface area contributed by atoms with E-state index in [1.165, 1.54) is 19.9 Å². The molecule has 1 saturated heterocycles. The van der Waals surface area contributed by atoms with E-state index in [4.69, 9.17) is 21.4 Å². The van der Waals surface area contributed by atoms with E-state index < -0.39 is 53.4 Å². The fraction of sp³-hybridized carbons (Fsp3) is 0.286. The largest absolute Gasteiger partial charge is 0.478 e. The number of amides is 3. The molecule has 0 bridgehead atoms. The van der Waals surface area contributed by atoms with E-state index in [1.807, 2.05) is 0 Å². The number of aliphatic carboxylic acids is 1. The number of carboxylic acid groups (broad SMARTS) is 1. The number of hydrogen-bond donors (Lipinski definition) is 1. The molecular formula is C21H17ClF4N2O5. The van der Waals surface area contributed by atoms with Crippen molar-refractivity contribution in [1.82, 2.24) is 4.90 Å². The van der Waals surface area contributed by atoms with Gasteiger partial charge in [0.15, 0.2) is 17.2 Å². The maximum atomic E-state index is 14.6. The van der Waals surface area contributed by atoms with Gasteiger partial charge < -0.3 is 9.84 Å². The van der Waals surface area contributed by atoms with Crippen LogP contribution in [0.1, 0.15) is 25.0 Å². The third kappa shape index (κ3) is 5.03. The first kappa shape index (κ1) is 24.3. The minimum Gasteiger partial charge on any atom is -0.478 e. The van der Waals surface area contributed by atoms with Crippen molar-refractivity contribution in [2.75, 3.05) is 11.4 Å². The number of benzene rings is 2. The Labute approximate surface area is 190 Å². The van der Waals surface area contributed by atoms with Crippen molar-refractivity contribution in [2.24, 2.45) is 0 Å². The molecule has 0 saturated carbocycles. The van der Waals surface area contributed by atoms with Crippen LogP contribution in [0.3, 0.4) is 0 Å². The SMILES string of the molecule is CC(C)(Oc1c(F)cc(CN2C(=O)CN(c3ccc(C(F)(F)F)cc3)C2=O)cc1Cl)C(=O)O. The van der Waals surface area contributed by atoms with Crippen LogP contribution in [-0.2, 0) is 22.3 Å². The van der Waals surface area contributed by atoms with Crippen LogP contribution in [0.4, 0.5) is 28.0 Å². The molecule has 3 rings (SSSR count). The molecule has 0 atom stereocenters. The van der Waals surface area contributed by atoms with E-state index in [0.29, 0.717) is 0 Å². The Morgan fingerprint density at radius 2 is 1.76 bits per heavy atom. The summed E-state index contributed by atoms with van der Waals surface area (Å²) in [6.45, 7) is 1.63. The molecule has 1 N–H and O–H groups in total. The Kier molecular flexibility index (Phi) is 6.29. The van der Waals surface area contributed by atoms with Gasteiger partial charge in [0, 0.05) is 5.69 Å². The summed E-state index contributed by atoms with van der Waals surface area (Å²) in [6.07, 6.45) is -4.55. The van der Waals surface area contributed by atoms with Gasteiger partial charge in [0.1, 0.15) is 6.54 Å². The van der Waals surface area contributed by atoms with E-state index in [2.05, 4.69) is 0 Å². The van der Waals surface area contributed by atoms with Gasteiger partial charge in [-0.1, -0.05) is 11.6 Å². The summed E-state index contributed by atoms with van der Waals surface area (Å²) in [5, 5.41) is 8.86. The van der Waals surface area contributed by atoms with Crippen LogP contribution in [0, 0.1) is 5.82 Å². The number of carboxylic acids is 1. The van der Waals surface area contributed by atoms with Crippen LogP contribution < -0.4 is 9.64 Å². The summed E-state index contributed by atoms with van der Waals surface area (Å²) in [5.74, 6) is -3.49. The van der Waals surface area contributed by atoms with Gasteiger partial charge in [0.05, 0.1) is 17.1 Å². The zero-order valence-corrected chi connectivity index (χ0v) is 18.0. The first-order valence-electron chi connectivity index (χ1n) is 9.40. The molecule has 0 spiro atoms. The van der Waals surface area contributed by atoms with Crippen LogP contribution in [0.2, 0.25) is 5.02 Å². The highest BCUT2D eigenvalue weighted by molar-refractivity contribution is 6.32. The normalized spacial score (nSPS) is 14.8. The summed E-state index contributed by atoms with van der Waals surface area (Å²) in [6, 6.07) is 5.10. The molecule has 1 aliphatic rings. The third-order valence-corrected chi connectivity index (χ3v) is 5.11. The highest BCUT2D eigenvalue weighted by Crippen LogP contribution is 2.34. The average molecular weight is 489 g/mol. The standard InChI is InChI=1S/C21H17ClF4N2O5/c1-20(2,18(30)31)33-17-14(22)7-11(8-15(17)23)9-28-16(29)10-27(19(28)32)13-5-3-12(4-6-13)21(24,25)26/h3-8H,9-10H2,1-2H3,(H,30,31). The highest BCUT2D eigenvalue weighted by Gasteiger charge is 2.38. The van der Waals surface area contributed by atoms with Gasteiger partial charge in [-0.15, -0.1) is 0 Å². The Bertz CT molecular complexity index is 1100. The Morgan fingerprint density at radius 1 is 1.15 bits per heavy atom. The predicted octanol–water partition coefficient (Wildman–Crippen LogP) is 4.71. The lowest BCUT2D eigenvalue weighted by molar-refractivity contribution is -0.152. The molecular weight excluding hydrogens is 472 g/mol. The van der Waals surface area contributed by atoms with E-state index in [1.54, 1.807) is 0 Å². The van der Waals surface area contributed by atoms with Gasteiger partial charge in [0.2, 0.25) is 0 Å². The number of anilines is 1. The van der Waals surface area contributed by atoms with Gasteiger partial charge in [0.25, 0.3) is 5.91 Å². The van der Waals surface area contributed by atoms with Gasteiger partial charge in [-0.2, -0.15) is 13.2 Å². The fourth-order valence-electron chi connectivity index (χ4n) is 3.01. The number of imide groups is 1. The summed E-state index contributed by atoms with van der Waals surface area (Å²) < 4.78 is 57.9. The summed E-state index contributed by atoms with van der Waals surface area (Å²) in [7, 11) is 0. The second-order valence-corrected chi connectivity index (χ2v) is 8.11. The maximum Gasteiger partial charge on any atom is 0.416 e. The summed E-state index contributed by atoms with van der Waals surface area (Å²) >= 11 is 6.03. The minimum atomic E-state index is -4.55. The van der Waals surface area contributed by atoms with Crippen molar-refractivity contribution in [3.8, 4) is 5.75 Å². The molecule has 3 amide bonds. The molecule has 2 aromatic carbocycles. The van der Waals surface area contributed by atoms with Gasteiger partial charge in [-0.3, -0.25) is 14.6 Å². The van der Waals surface area contributed by atoms with Crippen molar-refractivity contribution in [2.45, 2.75) is 32.2 Å². The minimum absolute atomic E-state index is 0.0905. The molecule has 0 aliphatic carbocycles. The van der Waals surface area contributed by atoms with E-state index in [9.17, 15) is 31.9 Å². The number of halogens is 5. The summed E-state index contributed by atoms with van der Waals surface area (Å²) in [5.41, 5.74) is -2.46. The van der Waals surface area contributed by atoms with Gasteiger partial charge >= 0.3 is 18.2 Å². The number of alkyl halides is 3. The highest BCUT2D eigenvalue weighted by atomic mass is 35.5. The fourth-order valence-corrected chi connectivity index (χ4v) is 3.28. The van der Waals surface area contributed by atoms with Crippen LogP contribution in [0.25, 0.3) is 0 Å². The van der Waals surface area contributed by atoms with Crippen molar-refractivity contribution < 1.29 is 41.8 Å². The van der Waals surface area contributed by atoms with Crippen LogP contribution >= 0.6 is 11.6 Å². The smallest absolute Gasteiger partial charge is 0.416 e. The Balaban J connectivity index is 1.79. The molecule has 1 heterocycles. The molecule has 2 aromatic rings. The maximum absolute atomic E-state index is 14.6. The molecule has 1 aliphatic heterocycles. The molecule has 176 valence electrons. The Hall–Kier alpha value is -3.34. The van der Waals surface area contributed by atoms with Gasteiger partial charge in [-0.05, 0) is 55.8 Å². The van der Waals surface area contributed by atoms with Crippen LogP contribution in [0.5, 0.6) is 5.75 Å². The average Bonchev–Trinajstić information content (AvgIpc) is 2.98.